The highest BCUT2D eigenvalue weighted by Crippen LogP contribution is 2.51. The molecule has 2 rings (SSSR count). The number of esters is 2. The topological polar surface area (TPSA) is 208 Å². The molecule has 0 bridgehead atoms. The number of alkyl halides is 1. The summed E-state index contributed by atoms with van der Waals surface area (Å²) in [6.07, 6.45) is -3.15. The third kappa shape index (κ3) is 9.10. The van der Waals surface area contributed by atoms with Gasteiger partial charge in [-0.15, -0.1) is 0 Å². The number of aliphatic hydroxyl groups excluding tert-OH is 1. The zero-order valence-electron chi connectivity index (χ0n) is 23.9. The third-order valence-corrected chi connectivity index (χ3v) is 7.05. The maximum Gasteiger partial charge on any atom is 0.480 e. The van der Waals surface area contributed by atoms with Crippen LogP contribution in [0, 0.1) is 10.8 Å². The Morgan fingerprint density at radius 1 is 1.17 bits per heavy atom. The summed E-state index contributed by atoms with van der Waals surface area (Å²) in [6, 6.07) is -1.07. The molecule has 0 saturated carbocycles. The van der Waals surface area contributed by atoms with E-state index >= 15 is 4.39 Å². The van der Waals surface area contributed by atoms with Crippen LogP contribution in [0.5, 0.6) is 0 Å². The van der Waals surface area contributed by atoms with Crippen LogP contribution in [-0.2, 0) is 41.9 Å². The fourth-order valence-corrected chi connectivity index (χ4v) is 4.27. The molecule has 0 aromatic carbocycles. The third-order valence-electron chi connectivity index (χ3n) is 5.76. The summed E-state index contributed by atoms with van der Waals surface area (Å²) in [5.74, 6) is -1.44. The fraction of sp³-hybridized carbons (Fsp3) is 0.783. The van der Waals surface area contributed by atoms with Crippen molar-refractivity contribution in [1.29, 1.82) is 0 Å². The molecule has 41 heavy (non-hydrogen) atoms. The van der Waals surface area contributed by atoms with Crippen molar-refractivity contribution in [3.63, 3.8) is 0 Å². The van der Waals surface area contributed by atoms with Gasteiger partial charge in [-0.25, -0.2) is 22.8 Å². The zero-order valence-corrected chi connectivity index (χ0v) is 24.8. The van der Waals surface area contributed by atoms with Gasteiger partial charge in [0.2, 0.25) is 13.6 Å². The molecule has 0 aromatic rings. The van der Waals surface area contributed by atoms with Gasteiger partial charge < -0.3 is 24.6 Å². The van der Waals surface area contributed by atoms with Crippen molar-refractivity contribution in [2.75, 3.05) is 26.7 Å². The van der Waals surface area contributed by atoms with Gasteiger partial charge in [-0.3, -0.25) is 19.0 Å². The van der Waals surface area contributed by atoms with E-state index in [-0.39, 0.29) is 6.04 Å². The number of hydrogen-bond acceptors (Lipinski definition) is 12. The molecule has 1 saturated heterocycles. The summed E-state index contributed by atoms with van der Waals surface area (Å²) in [6.45, 7) is 7.54. The Labute approximate surface area is 236 Å². The SMILES string of the molecule is CC1C=CN([C@@H]2O[C@](CN=[N+]=[N-])(COP(=O)(OCOC(=O)C(C)(C)C)OCOC(=O)C(C)(C)C)[C@@H](O)[C@H]2F)C(=O)N1. The van der Waals surface area contributed by atoms with E-state index in [4.69, 9.17) is 33.3 Å². The summed E-state index contributed by atoms with van der Waals surface area (Å²) in [5, 5.41) is 16.7. The molecule has 18 heteroatoms. The van der Waals surface area contributed by atoms with E-state index in [2.05, 4.69) is 15.3 Å². The molecular weight excluding hydrogens is 572 g/mol. The van der Waals surface area contributed by atoms with Crippen molar-refractivity contribution in [1.82, 2.24) is 10.2 Å². The van der Waals surface area contributed by atoms with Gasteiger partial charge in [0.1, 0.15) is 11.7 Å². The van der Waals surface area contributed by atoms with E-state index in [0.29, 0.717) is 0 Å². The standard InChI is InChI=1S/C23H37FN5O11P/c1-14-8-9-29(20(33)27-14)17-15(24)16(30)23(40-17,10-26-28-25)11-37-41(34,38-12-35-18(31)21(2,3)4)39-13-36-19(32)22(5,6)7/h8-9,14-17,30H,10-13H2,1-7H3,(H,27,33)/t14?,15-,16+,17-,23-/m1/s1. The minimum Gasteiger partial charge on any atom is -0.437 e. The molecule has 0 spiro atoms. The lowest BCUT2D eigenvalue weighted by atomic mass is 9.97. The fourth-order valence-electron chi connectivity index (χ4n) is 3.31. The number of phosphoric acid groups is 1. The van der Waals surface area contributed by atoms with Crippen LogP contribution in [0.25, 0.3) is 10.4 Å². The number of amides is 2. The van der Waals surface area contributed by atoms with Gasteiger partial charge in [0.25, 0.3) is 0 Å². The maximum absolute atomic E-state index is 15.3. The van der Waals surface area contributed by atoms with Crippen LogP contribution in [0.4, 0.5) is 9.18 Å². The summed E-state index contributed by atoms with van der Waals surface area (Å²) in [7, 11) is -4.79. The average molecular weight is 610 g/mol. The van der Waals surface area contributed by atoms with Crippen LogP contribution in [0.3, 0.4) is 0 Å². The molecule has 1 fully saturated rings. The van der Waals surface area contributed by atoms with Crippen LogP contribution in [0.1, 0.15) is 48.5 Å². The molecule has 2 heterocycles. The van der Waals surface area contributed by atoms with Crippen molar-refractivity contribution in [2.24, 2.45) is 15.9 Å². The van der Waals surface area contributed by atoms with E-state index in [1.807, 2.05) is 0 Å². The molecule has 0 radical (unpaired) electrons. The Morgan fingerprint density at radius 2 is 1.71 bits per heavy atom. The molecule has 232 valence electrons. The highest BCUT2D eigenvalue weighted by atomic mass is 31.2. The van der Waals surface area contributed by atoms with Gasteiger partial charge in [-0.2, -0.15) is 0 Å². The van der Waals surface area contributed by atoms with Crippen molar-refractivity contribution in [2.45, 2.75) is 78.6 Å². The van der Waals surface area contributed by atoms with Crippen molar-refractivity contribution in [3.8, 4) is 0 Å². The van der Waals surface area contributed by atoms with Crippen molar-refractivity contribution < 1.29 is 56.2 Å². The molecule has 2 amide bonds. The van der Waals surface area contributed by atoms with Gasteiger partial charge in [0.15, 0.2) is 12.4 Å². The number of urea groups is 1. The van der Waals surface area contributed by atoms with Crippen LogP contribution in [0.2, 0.25) is 0 Å². The number of phosphoric ester groups is 1. The average Bonchev–Trinajstić information content (AvgIpc) is 3.10. The minimum atomic E-state index is -4.79. The summed E-state index contributed by atoms with van der Waals surface area (Å²) < 4.78 is 59.7. The Hall–Kier alpha value is -2.78. The van der Waals surface area contributed by atoms with Crippen LogP contribution in [-0.4, -0.2) is 84.9 Å². The summed E-state index contributed by atoms with van der Waals surface area (Å²) >= 11 is 0. The van der Waals surface area contributed by atoms with Gasteiger partial charge in [-0.1, -0.05) is 5.11 Å². The minimum absolute atomic E-state index is 0.348. The number of carbonyl (C=O) groups is 3. The first-order valence-corrected chi connectivity index (χ1v) is 14.0. The number of carbonyl (C=O) groups excluding carboxylic acids is 3. The maximum atomic E-state index is 15.3. The van der Waals surface area contributed by atoms with Crippen LogP contribution >= 0.6 is 7.82 Å². The molecule has 5 atom stereocenters. The smallest absolute Gasteiger partial charge is 0.437 e. The number of azide groups is 1. The quantitative estimate of drug-likeness (QED) is 0.0819. The number of halogens is 1. The van der Waals surface area contributed by atoms with Gasteiger partial charge in [-0.05, 0) is 60.1 Å². The van der Waals surface area contributed by atoms with Crippen LogP contribution < -0.4 is 5.32 Å². The molecule has 2 aliphatic heterocycles. The lowest BCUT2D eigenvalue weighted by molar-refractivity contribution is -0.165. The molecular formula is C23H37FN5O11P. The highest BCUT2D eigenvalue weighted by molar-refractivity contribution is 7.48. The number of hydrogen-bond donors (Lipinski definition) is 2. The zero-order chi connectivity index (χ0) is 31.2. The van der Waals surface area contributed by atoms with Crippen LogP contribution in [0.15, 0.2) is 17.4 Å². The predicted octanol–water partition coefficient (Wildman–Crippen LogP) is 3.27. The highest BCUT2D eigenvalue weighted by Gasteiger charge is 2.58. The first-order valence-electron chi connectivity index (χ1n) is 12.5. The van der Waals surface area contributed by atoms with Crippen molar-refractivity contribution >= 4 is 25.8 Å². The van der Waals surface area contributed by atoms with E-state index in [9.17, 15) is 24.1 Å². The number of nitrogens with zero attached hydrogens (tertiary/aromatic N) is 4. The summed E-state index contributed by atoms with van der Waals surface area (Å²) in [4.78, 5) is 40.1. The number of aliphatic hydroxyl groups is 1. The second-order valence-corrected chi connectivity index (χ2v) is 13.1. The van der Waals surface area contributed by atoms with Gasteiger partial charge >= 0.3 is 25.8 Å². The predicted molar refractivity (Wildman–Crippen MR) is 138 cm³/mol. The monoisotopic (exact) mass is 609 g/mol. The second kappa shape index (κ2) is 13.5. The molecule has 1 unspecified atom stereocenters. The number of rotatable bonds is 12. The molecule has 0 aliphatic carbocycles. The van der Waals surface area contributed by atoms with E-state index in [1.165, 1.54) is 6.20 Å². The lowest BCUT2D eigenvalue weighted by Crippen LogP contribution is -2.51. The lowest BCUT2D eigenvalue weighted by Gasteiger charge is -2.33. The Balaban J connectivity index is 2.27. The first kappa shape index (κ1) is 34.4. The number of ether oxygens (including phenoxy) is 3. The van der Waals surface area contributed by atoms with Crippen molar-refractivity contribution in [3.05, 3.63) is 22.7 Å². The van der Waals surface area contributed by atoms with Gasteiger partial charge in [0.05, 0.1) is 24.0 Å². The Morgan fingerprint density at radius 3 is 2.17 bits per heavy atom. The van der Waals surface area contributed by atoms with E-state index in [0.717, 1.165) is 4.90 Å². The molecule has 2 N–H and O–H groups in total. The van der Waals surface area contributed by atoms with Gasteiger partial charge in [0, 0.05) is 17.2 Å². The van der Waals surface area contributed by atoms with E-state index in [1.54, 1.807) is 54.5 Å². The normalized spacial score (nSPS) is 26.8. The Kier molecular flexibility index (Phi) is 11.3. The molecule has 16 nitrogen and oxygen atoms in total. The summed E-state index contributed by atoms with van der Waals surface area (Å²) in [5.41, 5.74) is 4.83. The molecule has 0 aromatic heterocycles. The van der Waals surface area contributed by atoms with E-state index < -0.39 is 87.5 Å². The Bertz CT molecular complexity index is 1070. The largest absolute Gasteiger partial charge is 0.480 e. The molecule has 2 aliphatic rings. The number of nitrogens with one attached hydrogen (secondary N) is 1. The second-order valence-electron chi connectivity index (χ2n) is 11.4. The first-order chi connectivity index (χ1) is 18.8.